The SMILES string of the molecule is CCC(C)C(C(=O)N1CCC(Cc2ccccc2)CC1)N(C)Cc1ccccc1. The van der Waals surface area contributed by atoms with Crippen LogP contribution in [-0.4, -0.2) is 41.9 Å². The van der Waals surface area contributed by atoms with Gasteiger partial charge in [-0.25, -0.2) is 0 Å². The van der Waals surface area contributed by atoms with E-state index in [9.17, 15) is 4.79 Å². The van der Waals surface area contributed by atoms with Crippen LogP contribution >= 0.6 is 0 Å². The van der Waals surface area contributed by atoms with Gasteiger partial charge in [0.15, 0.2) is 0 Å². The standard InChI is InChI=1S/C26H36N2O/c1-4-21(2)25(27(3)20-24-13-9-6-10-14-24)26(29)28-17-15-23(16-18-28)19-22-11-7-5-8-12-22/h5-14,21,23,25H,4,15-20H2,1-3H3. The maximum atomic E-state index is 13.5. The summed E-state index contributed by atoms with van der Waals surface area (Å²) in [6, 6.07) is 21.2. The molecule has 2 aromatic rings. The van der Waals surface area contributed by atoms with Gasteiger partial charge in [0.2, 0.25) is 5.91 Å². The maximum Gasteiger partial charge on any atom is 0.240 e. The third kappa shape index (κ3) is 5.93. The predicted octanol–water partition coefficient (Wildman–Crippen LogP) is 5.01. The van der Waals surface area contributed by atoms with Gasteiger partial charge in [-0.3, -0.25) is 9.69 Å². The molecule has 0 N–H and O–H groups in total. The van der Waals surface area contributed by atoms with Crippen LogP contribution in [0.3, 0.4) is 0 Å². The zero-order valence-corrected chi connectivity index (χ0v) is 18.3. The van der Waals surface area contributed by atoms with Crippen LogP contribution in [-0.2, 0) is 17.8 Å². The first-order valence-electron chi connectivity index (χ1n) is 11.1. The molecule has 3 heteroatoms. The monoisotopic (exact) mass is 392 g/mol. The highest BCUT2D eigenvalue weighted by Gasteiger charge is 2.33. The molecule has 1 amide bonds. The fourth-order valence-corrected chi connectivity index (χ4v) is 4.55. The summed E-state index contributed by atoms with van der Waals surface area (Å²) < 4.78 is 0. The summed E-state index contributed by atoms with van der Waals surface area (Å²) in [7, 11) is 2.10. The van der Waals surface area contributed by atoms with Crippen molar-refractivity contribution in [2.24, 2.45) is 11.8 Å². The Morgan fingerprint density at radius 2 is 1.55 bits per heavy atom. The van der Waals surface area contributed by atoms with Gasteiger partial charge in [-0.05, 0) is 49.3 Å². The van der Waals surface area contributed by atoms with Crippen molar-refractivity contribution >= 4 is 5.91 Å². The lowest BCUT2D eigenvalue weighted by atomic mass is 9.89. The number of piperidine rings is 1. The zero-order valence-electron chi connectivity index (χ0n) is 18.3. The van der Waals surface area contributed by atoms with Gasteiger partial charge in [-0.2, -0.15) is 0 Å². The number of carbonyl (C=O) groups excluding carboxylic acids is 1. The van der Waals surface area contributed by atoms with Crippen molar-refractivity contribution in [3.63, 3.8) is 0 Å². The van der Waals surface area contributed by atoms with E-state index >= 15 is 0 Å². The van der Waals surface area contributed by atoms with Crippen LogP contribution in [0.15, 0.2) is 60.7 Å². The largest absolute Gasteiger partial charge is 0.341 e. The number of nitrogens with zero attached hydrogens (tertiary/aromatic N) is 2. The molecule has 1 heterocycles. The van der Waals surface area contributed by atoms with Crippen molar-refractivity contribution in [2.45, 2.75) is 52.1 Å². The highest BCUT2D eigenvalue weighted by molar-refractivity contribution is 5.82. The highest BCUT2D eigenvalue weighted by atomic mass is 16.2. The van der Waals surface area contributed by atoms with Crippen molar-refractivity contribution in [1.82, 2.24) is 9.80 Å². The topological polar surface area (TPSA) is 23.6 Å². The number of amides is 1. The summed E-state index contributed by atoms with van der Waals surface area (Å²) in [6.07, 6.45) is 4.36. The number of hydrogen-bond donors (Lipinski definition) is 0. The molecule has 0 radical (unpaired) electrons. The Hall–Kier alpha value is -2.13. The molecule has 0 aliphatic carbocycles. The second-order valence-corrected chi connectivity index (χ2v) is 8.69. The Bertz CT molecular complexity index is 738. The number of likely N-dealkylation sites (N-methyl/N-ethyl adjacent to an activating group) is 1. The Morgan fingerprint density at radius 1 is 1.00 bits per heavy atom. The van der Waals surface area contributed by atoms with Gasteiger partial charge in [0, 0.05) is 19.6 Å². The number of hydrogen-bond acceptors (Lipinski definition) is 2. The molecule has 0 saturated carbocycles. The van der Waals surface area contributed by atoms with E-state index in [-0.39, 0.29) is 6.04 Å². The smallest absolute Gasteiger partial charge is 0.240 e. The summed E-state index contributed by atoms with van der Waals surface area (Å²) in [5, 5.41) is 0. The summed E-state index contributed by atoms with van der Waals surface area (Å²) in [5.41, 5.74) is 2.68. The van der Waals surface area contributed by atoms with Crippen LogP contribution in [0.1, 0.15) is 44.2 Å². The van der Waals surface area contributed by atoms with Crippen molar-refractivity contribution in [3.05, 3.63) is 71.8 Å². The van der Waals surface area contributed by atoms with E-state index in [0.717, 1.165) is 45.3 Å². The van der Waals surface area contributed by atoms with E-state index in [2.05, 4.69) is 85.3 Å². The van der Waals surface area contributed by atoms with Crippen molar-refractivity contribution < 1.29 is 4.79 Å². The van der Waals surface area contributed by atoms with E-state index in [4.69, 9.17) is 0 Å². The lowest BCUT2D eigenvalue weighted by molar-refractivity contribution is -0.140. The zero-order chi connectivity index (χ0) is 20.6. The highest BCUT2D eigenvalue weighted by Crippen LogP contribution is 2.25. The average molecular weight is 393 g/mol. The van der Waals surface area contributed by atoms with Crippen LogP contribution in [0, 0.1) is 11.8 Å². The predicted molar refractivity (Wildman–Crippen MR) is 121 cm³/mol. The summed E-state index contributed by atoms with van der Waals surface area (Å²) in [5.74, 6) is 1.35. The summed E-state index contributed by atoms with van der Waals surface area (Å²) >= 11 is 0. The van der Waals surface area contributed by atoms with Gasteiger partial charge in [-0.15, -0.1) is 0 Å². The lowest BCUT2D eigenvalue weighted by Gasteiger charge is -2.39. The molecule has 156 valence electrons. The Balaban J connectivity index is 1.59. The maximum absolute atomic E-state index is 13.5. The molecule has 0 spiro atoms. The third-order valence-corrected chi connectivity index (χ3v) is 6.48. The Kier molecular flexibility index (Phi) is 7.88. The number of benzene rings is 2. The first-order valence-corrected chi connectivity index (χ1v) is 11.1. The molecule has 1 saturated heterocycles. The van der Waals surface area contributed by atoms with E-state index < -0.39 is 0 Å². The van der Waals surface area contributed by atoms with E-state index in [1.807, 2.05) is 6.07 Å². The number of rotatable bonds is 8. The second kappa shape index (κ2) is 10.6. The molecule has 0 aromatic heterocycles. The molecule has 3 nitrogen and oxygen atoms in total. The Morgan fingerprint density at radius 3 is 2.10 bits per heavy atom. The quantitative estimate of drug-likeness (QED) is 0.630. The van der Waals surface area contributed by atoms with Crippen LogP contribution in [0.2, 0.25) is 0 Å². The summed E-state index contributed by atoms with van der Waals surface area (Å²) in [4.78, 5) is 17.9. The Labute approximate surface area is 176 Å². The van der Waals surface area contributed by atoms with Gasteiger partial charge in [0.1, 0.15) is 0 Å². The molecular formula is C26H36N2O. The molecule has 2 unspecified atom stereocenters. The molecule has 0 bridgehead atoms. The first-order chi connectivity index (χ1) is 14.1. The van der Waals surface area contributed by atoms with Crippen molar-refractivity contribution in [2.75, 3.05) is 20.1 Å². The second-order valence-electron chi connectivity index (χ2n) is 8.69. The molecule has 2 atom stereocenters. The van der Waals surface area contributed by atoms with Crippen LogP contribution < -0.4 is 0 Å². The first kappa shape index (κ1) is 21.6. The molecule has 2 aromatic carbocycles. The molecule has 1 fully saturated rings. The van der Waals surface area contributed by atoms with E-state index in [0.29, 0.717) is 17.7 Å². The van der Waals surface area contributed by atoms with Crippen molar-refractivity contribution in [3.8, 4) is 0 Å². The average Bonchev–Trinajstić information content (AvgIpc) is 2.75. The van der Waals surface area contributed by atoms with Gasteiger partial charge in [-0.1, -0.05) is 80.9 Å². The molecule has 1 aliphatic rings. The lowest BCUT2D eigenvalue weighted by Crippen LogP contribution is -2.52. The molecule has 3 rings (SSSR count). The van der Waals surface area contributed by atoms with Gasteiger partial charge in [0.25, 0.3) is 0 Å². The fraction of sp³-hybridized carbons (Fsp3) is 0.500. The van der Waals surface area contributed by atoms with Crippen molar-refractivity contribution in [1.29, 1.82) is 0 Å². The van der Waals surface area contributed by atoms with Gasteiger partial charge >= 0.3 is 0 Å². The minimum atomic E-state index is -0.0501. The van der Waals surface area contributed by atoms with Gasteiger partial charge < -0.3 is 4.90 Å². The van der Waals surface area contributed by atoms with E-state index in [1.54, 1.807) is 0 Å². The molecule has 1 aliphatic heterocycles. The minimum absolute atomic E-state index is 0.0501. The van der Waals surface area contributed by atoms with Crippen LogP contribution in [0.25, 0.3) is 0 Å². The molecule has 29 heavy (non-hydrogen) atoms. The minimum Gasteiger partial charge on any atom is -0.341 e. The van der Waals surface area contributed by atoms with Crippen LogP contribution in [0.5, 0.6) is 0 Å². The number of carbonyl (C=O) groups is 1. The number of likely N-dealkylation sites (tertiary alicyclic amines) is 1. The van der Waals surface area contributed by atoms with E-state index in [1.165, 1.54) is 11.1 Å². The summed E-state index contributed by atoms with van der Waals surface area (Å²) in [6.45, 7) is 7.00. The molecular weight excluding hydrogens is 356 g/mol. The third-order valence-electron chi connectivity index (χ3n) is 6.48. The van der Waals surface area contributed by atoms with Crippen LogP contribution in [0.4, 0.5) is 0 Å². The van der Waals surface area contributed by atoms with Gasteiger partial charge in [0.05, 0.1) is 6.04 Å². The normalized spacial score (nSPS) is 17.3. The fourth-order valence-electron chi connectivity index (χ4n) is 4.55.